The van der Waals surface area contributed by atoms with E-state index in [9.17, 15) is 27.2 Å². The number of halogens is 4. The lowest BCUT2D eigenvalue weighted by atomic mass is 10.1. The third kappa shape index (κ3) is 5.37. The quantitative estimate of drug-likeness (QED) is 0.273. The molecule has 176 valence electrons. The van der Waals surface area contributed by atoms with Crippen LogP contribution in [0.15, 0.2) is 12.1 Å². The van der Waals surface area contributed by atoms with Gasteiger partial charge in [-0.25, -0.2) is 33.3 Å². The zero-order valence-corrected chi connectivity index (χ0v) is 17.5. The first-order valence-electron chi connectivity index (χ1n) is 9.65. The largest absolute Gasteiger partial charge is 0.444 e. The molecular formula is C18H21F4N5O4S. The summed E-state index contributed by atoms with van der Waals surface area (Å²) in [6, 6.07) is 1.98. The summed E-state index contributed by atoms with van der Waals surface area (Å²) in [7, 11) is 0. The Morgan fingerprint density at radius 2 is 1.94 bits per heavy atom. The molecule has 0 radical (unpaired) electrons. The third-order valence-electron chi connectivity index (χ3n) is 4.99. The number of nitrogens with two attached hydrogens (primary N) is 1. The van der Waals surface area contributed by atoms with Crippen LogP contribution in [0, 0.1) is 11.6 Å². The molecule has 1 amide bonds. The van der Waals surface area contributed by atoms with Gasteiger partial charge < -0.3 is 9.64 Å². The van der Waals surface area contributed by atoms with E-state index < -0.39 is 42.5 Å². The maximum absolute atomic E-state index is 14.9. The highest BCUT2D eigenvalue weighted by Gasteiger charge is 2.34. The molecule has 2 aliphatic heterocycles. The molecule has 1 aromatic rings. The molecule has 14 heteroatoms. The van der Waals surface area contributed by atoms with Crippen LogP contribution in [0.2, 0.25) is 0 Å². The molecule has 0 spiro atoms. The van der Waals surface area contributed by atoms with E-state index in [1.807, 2.05) is 0 Å². The molecule has 0 saturated carbocycles. The van der Waals surface area contributed by atoms with Crippen LogP contribution in [0.5, 0.6) is 0 Å². The van der Waals surface area contributed by atoms with Crippen LogP contribution in [0.4, 0.5) is 33.7 Å². The number of nitrogens with one attached hydrogen (secondary N) is 1. The number of carbonyl (C=O) groups excluding carboxylic acids is 2. The van der Waals surface area contributed by atoms with Crippen molar-refractivity contribution in [2.75, 3.05) is 42.6 Å². The van der Waals surface area contributed by atoms with Gasteiger partial charge in [0.15, 0.2) is 17.4 Å². The molecule has 2 heterocycles. The van der Waals surface area contributed by atoms with E-state index in [0.29, 0.717) is 0 Å². The SMILES string of the molecule is NNC(=S)N1CCN(c2c(F)cc(N3C[C@H](CCC(=O)C(F)F)OC3=O)cc2F)CCO1. The first-order chi connectivity index (χ1) is 15.2. The summed E-state index contributed by atoms with van der Waals surface area (Å²) in [5, 5.41) is 1.43. The summed E-state index contributed by atoms with van der Waals surface area (Å²) < 4.78 is 59.4. The van der Waals surface area contributed by atoms with E-state index in [1.54, 1.807) is 0 Å². The van der Waals surface area contributed by atoms with Crippen LogP contribution < -0.4 is 21.1 Å². The van der Waals surface area contributed by atoms with E-state index in [2.05, 4.69) is 5.43 Å². The molecule has 2 saturated heterocycles. The van der Waals surface area contributed by atoms with Gasteiger partial charge in [-0.15, -0.1) is 0 Å². The van der Waals surface area contributed by atoms with Crippen molar-refractivity contribution in [1.29, 1.82) is 0 Å². The molecule has 32 heavy (non-hydrogen) atoms. The molecule has 0 bridgehead atoms. The summed E-state index contributed by atoms with van der Waals surface area (Å²) in [5.74, 6) is 2.18. The average Bonchev–Trinajstić information content (AvgIpc) is 2.95. The fraction of sp³-hybridized carbons (Fsp3) is 0.500. The second-order valence-corrected chi connectivity index (χ2v) is 7.44. The number of benzene rings is 1. The number of Topliss-reactive ketones (excluding diaryl/α,β-unsaturated/α-hetero) is 1. The van der Waals surface area contributed by atoms with Gasteiger partial charge >= 0.3 is 6.09 Å². The van der Waals surface area contributed by atoms with Crippen LogP contribution in [0.25, 0.3) is 0 Å². The molecule has 3 N–H and O–H groups in total. The predicted octanol–water partition coefficient (Wildman–Crippen LogP) is 1.71. The Hall–Kier alpha value is -2.71. The zero-order valence-electron chi connectivity index (χ0n) is 16.7. The van der Waals surface area contributed by atoms with Crippen LogP contribution in [0.3, 0.4) is 0 Å². The summed E-state index contributed by atoms with van der Waals surface area (Å²) in [6.07, 6.45) is -5.41. The molecule has 0 unspecified atom stereocenters. The highest BCUT2D eigenvalue weighted by Crippen LogP contribution is 2.32. The van der Waals surface area contributed by atoms with Crippen LogP contribution in [-0.2, 0) is 14.4 Å². The van der Waals surface area contributed by atoms with E-state index in [1.165, 1.54) is 9.96 Å². The summed E-state index contributed by atoms with van der Waals surface area (Å²) in [6.45, 7) is 0.522. The second-order valence-electron chi connectivity index (χ2n) is 7.05. The lowest BCUT2D eigenvalue weighted by Gasteiger charge is -2.24. The maximum Gasteiger partial charge on any atom is 0.414 e. The van der Waals surface area contributed by atoms with Crippen molar-refractivity contribution < 1.29 is 36.7 Å². The molecule has 9 nitrogen and oxygen atoms in total. The molecule has 1 aromatic carbocycles. The van der Waals surface area contributed by atoms with Crippen molar-refractivity contribution in [3.8, 4) is 0 Å². The predicted molar refractivity (Wildman–Crippen MR) is 109 cm³/mol. The Bertz CT molecular complexity index is 870. The second kappa shape index (κ2) is 10.3. The van der Waals surface area contributed by atoms with Crippen molar-refractivity contribution in [3.63, 3.8) is 0 Å². The van der Waals surface area contributed by atoms with Gasteiger partial charge in [0.2, 0.25) is 5.11 Å². The van der Waals surface area contributed by atoms with E-state index in [-0.39, 0.29) is 55.7 Å². The molecule has 1 atom stereocenters. The van der Waals surface area contributed by atoms with Crippen molar-refractivity contribution in [2.24, 2.45) is 5.84 Å². The number of alkyl halides is 2. The van der Waals surface area contributed by atoms with Gasteiger partial charge in [0.1, 0.15) is 11.8 Å². The minimum absolute atomic E-state index is 0.0855. The van der Waals surface area contributed by atoms with Gasteiger partial charge in [-0.3, -0.25) is 20.0 Å². The topological polar surface area (TPSA) is 100 Å². The Kier molecular flexibility index (Phi) is 7.69. The summed E-state index contributed by atoms with van der Waals surface area (Å²) >= 11 is 4.98. The van der Waals surface area contributed by atoms with Gasteiger partial charge in [0.05, 0.1) is 25.4 Å². The van der Waals surface area contributed by atoms with Crippen molar-refractivity contribution in [3.05, 3.63) is 23.8 Å². The van der Waals surface area contributed by atoms with Crippen molar-refractivity contribution in [2.45, 2.75) is 25.4 Å². The van der Waals surface area contributed by atoms with Crippen LogP contribution >= 0.6 is 12.2 Å². The third-order valence-corrected chi connectivity index (χ3v) is 5.31. The lowest BCUT2D eigenvalue weighted by molar-refractivity contribution is -0.129. The van der Waals surface area contributed by atoms with E-state index >= 15 is 0 Å². The number of cyclic esters (lactones) is 1. The number of amides is 1. The summed E-state index contributed by atoms with van der Waals surface area (Å²) in [4.78, 5) is 31.0. The lowest BCUT2D eigenvalue weighted by Crippen LogP contribution is -2.44. The van der Waals surface area contributed by atoms with Crippen molar-refractivity contribution in [1.82, 2.24) is 10.5 Å². The zero-order chi connectivity index (χ0) is 23.4. The van der Waals surface area contributed by atoms with E-state index in [0.717, 1.165) is 17.0 Å². The standard InChI is InChI=1S/C18H21F4N5O4S/c19-12-7-10(26-9-11(31-18(26)29)1-2-14(28)16(21)22)8-13(20)15(12)25-3-4-27(17(32)24-23)30-6-5-25/h7-8,11,16H,1-6,9,23H2,(H,24,32)/t11-/m0/s1. The number of ketones is 1. The normalized spacial score (nSPS) is 19.2. The Labute approximate surface area is 185 Å². The Morgan fingerprint density at radius 3 is 2.56 bits per heavy atom. The fourth-order valence-corrected chi connectivity index (χ4v) is 3.55. The minimum Gasteiger partial charge on any atom is -0.444 e. The number of anilines is 2. The molecule has 2 aliphatic rings. The molecule has 2 fully saturated rings. The monoisotopic (exact) mass is 479 g/mol. The van der Waals surface area contributed by atoms with Gasteiger partial charge in [0, 0.05) is 31.6 Å². The van der Waals surface area contributed by atoms with Gasteiger partial charge in [-0.05, 0) is 18.6 Å². The number of hydroxylamine groups is 2. The van der Waals surface area contributed by atoms with Gasteiger partial charge in [-0.2, -0.15) is 0 Å². The number of hydrogen-bond acceptors (Lipinski definition) is 7. The first-order valence-corrected chi connectivity index (χ1v) is 10.1. The highest BCUT2D eigenvalue weighted by atomic mass is 32.1. The highest BCUT2D eigenvalue weighted by molar-refractivity contribution is 7.80. The van der Waals surface area contributed by atoms with Crippen LogP contribution in [0.1, 0.15) is 12.8 Å². The number of hydrogen-bond donors (Lipinski definition) is 2. The number of ether oxygens (including phenoxy) is 1. The number of nitrogens with zero attached hydrogens (tertiary/aromatic N) is 3. The Morgan fingerprint density at radius 1 is 1.25 bits per heavy atom. The number of hydrazine groups is 1. The molecule has 3 rings (SSSR count). The average molecular weight is 479 g/mol. The first kappa shape index (κ1) is 23.9. The summed E-state index contributed by atoms with van der Waals surface area (Å²) in [5.41, 5.74) is 1.89. The fourth-order valence-electron chi connectivity index (χ4n) is 3.41. The van der Waals surface area contributed by atoms with Crippen LogP contribution in [-0.4, -0.2) is 67.4 Å². The Balaban J connectivity index is 1.70. The number of thiocarbonyl (C=S) groups is 1. The number of carbonyl (C=O) groups is 2. The molecule has 0 aromatic heterocycles. The number of rotatable bonds is 6. The van der Waals surface area contributed by atoms with Gasteiger partial charge in [0.25, 0.3) is 6.43 Å². The van der Waals surface area contributed by atoms with E-state index in [4.69, 9.17) is 27.6 Å². The van der Waals surface area contributed by atoms with Gasteiger partial charge in [-0.1, -0.05) is 0 Å². The molecule has 0 aliphatic carbocycles. The smallest absolute Gasteiger partial charge is 0.414 e. The molecular weight excluding hydrogens is 458 g/mol. The maximum atomic E-state index is 14.9. The van der Waals surface area contributed by atoms with Crippen molar-refractivity contribution >= 4 is 40.6 Å². The minimum atomic E-state index is -3.10.